The van der Waals surface area contributed by atoms with Crippen LogP contribution in [0.5, 0.6) is 0 Å². The van der Waals surface area contributed by atoms with E-state index in [1.165, 1.54) is 9.75 Å². The van der Waals surface area contributed by atoms with Gasteiger partial charge in [-0.05, 0) is 52.7 Å². The van der Waals surface area contributed by atoms with Gasteiger partial charge in [0, 0.05) is 34.5 Å². The highest BCUT2D eigenvalue weighted by Gasteiger charge is 2.21. The summed E-state index contributed by atoms with van der Waals surface area (Å²) < 4.78 is 7.51. The maximum absolute atomic E-state index is 13.0. The molecule has 6 nitrogen and oxygen atoms in total. The Balaban J connectivity index is 1.77. The number of carbonyl (C=O) groups is 1. The van der Waals surface area contributed by atoms with Crippen LogP contribution in [-0.2, 0) is 4.74 Å². The second kappa shape index (κ2) is 7.64. The van der Waals surface area contributed by atoms with Crippen molar-refractivity contribution >= 4 is 28.3 Å². The van der Waals surface area contributed by atoms with Crippen LogP contribution in [0.15, 0.2) is 18.3 Å². The topological polar surface area (TPSA) is 69.0 Å². The van der Waals surface area contributed by atoms with Crippen LogP contribution in [0.2, 0.25) is 0 Å². The van der Waals surface area contributed by atoms with Gasteiger partial charge in [-0.1, -0.05) is 0 Å². The van der Waals surface area contributed by atoms with Gasteiger partial charge in [0.1, 0.15) is 0 Å². The fraction of sp³-hybridized carbons (Fsp3) is 0.476. The van der Waals surface area contributed by atoms with Crippen molar-refractivity contribution in [2.75, 3.05) is 13.2 Å². The molecule has 0 aliphatic carbocycles. The van der Waals surface area contributed by atoms with E-state index in [9.17, 15) is 4.79 Å². The number of aromatic nitrogens is 3. The van der Waals surface area contributed by atoms with Gasteiger partial charge in [0.25, 0.3) is 5.91 Å². The predicted octanol–water partition coefficient (Wildman–Crippen LogP) is 4.27. The molecule has 1 saturated heterocycles. The number of aryl methyl sites for hydroxylation is 2. The molecule has 148 valence electrons. The number of hydrogen-bond acceptors (Lipinski definition) is 5. The van der Waals surface area contributed by atoms with Crippen molar-refractivity contribution in [3.63, 3.8) is 0 Å². The summed E-state index contributed by atoms with van der Waals surface area (Å²) in [6.45, 7) is 9.63. The molecule has 4 rings (SSSR count). The fourth-order valence-electron chi connectivity index (χ4n) is 3.71. The van der Waals surface area contributed by atoms with Crippen molar-refractivity contribution in [2.45, 2.75) is 52.7 Å². The zero-order valence-corrected chi connectivity index (χ0v) is 17.6. The van der Waals surface area contributed by atoms with Crippen LogP contribution >= 0.6 is 11.3 Å². The third kappa shape index (κ3) is 3.56. The molecule has 0 unspecified atom stereocenters. The summed E-state index contributed by atoms with van der Waals surface area (Å²) in [6.07, 6.45) is 3.91. The minimum atomic E-state index is -0.0999. The molecule has 4 heterocycles. The molecule has 28 heavy (non-hydrogen) atoms. The normalized spacial score (nSPS) is 17.0. The Morgan fingerprint density at radius 2 is 2.21 bits per heavy atom. The van der Waals surface area contributed by atoms with Crippen LogP contribution in [-0.4, -0.2) is 39.9 Å². The van der Waals surface area contributed by atoms with E-state index in [1.807, 2.05) is 10.7 Å². The molecule has 1 aliphatic rings. The number of nitrogens with zero attached hydrogens (tertiary/aromatic N) is 3. The number of carbonyl (C=O) groups excluding carboxylic acids is 1. The van der Waals surface area contributed by atoms with Gasteiger partial charge in [0.15, 0.2) is 5.65 Å². The number of pyridine rings is 1. The first kappa shape index (κ1) is 19.1. The molecule has 0 bridgehead atoms. The summed E-state index contributed by atoms with van der Waals surface area (Å²) >= 11 is 1.74. The highest BCUT2D eigenvalue weighted by molar-refractivity contribution is 7.12. The van der Waals surface area contributed by atoms with E-state index in [4.69, 9.17) is 9.72 Å². The van der Waals surface area contributed by atoms with E-state index < -0.39 is 0 Å². The molecule has 0 radical (unpaired) electrons. The molecule has 0 spiro atoms. The van der Waals surface area contributed by atoms with Gasteiger partial charge in [-0.15, -0.1) is 11.3 Å². The second-order valence-corrected chi connectivity index (χ2v) is 9.11. The Hall–Kier alpha value is -2.25. The number of nitrogens with one attached hydrogen (secondary N) is 1. The average Bonchev–Trinajstić information content (AvgIpc) is 3.38. The fourth-order valence-corrected chi connectivity index (χ4v) is 4.65. The van der Waals surface area contributed by atoms with Crippen LogP contribution < -0.4 is 5.32 Å². The summed E-state index contributed by atoms with van der Waals surface area (Å²) in [4.78, 5) is 20.4. The van der Waals surface area contributed by atoms with Gasteiger partial charge in [-0.2, -0.15) is 5.10 Å². The lowest BCUT2D eigenvalue weighted by Gasteiger charge is -2.13. The first-order valence-corrected chi connectivity index (χ1v) is 10.6. The predicted molar refractivity (Wildman–Crippen MR) is 112 cm³/mol. The smallest absolute Gasteiger partial charge is 0.252 e. The Kier molecular flexibility index (Phi) is 5.21. The minimum absolute atomic E-state index is 0.0999. The summed E-state index contributed by atoms with van der Waals surface area (Å²) in [5.74, 6) is -0.0999. The van der Waals surface area contributed by atoms with Crippen molar-refractivity contribution in [2.24, 2.45) is 0 Å². The monoisotopic (exact) mass is 398 g/mol. The quantitative estimate of drug-likeness (QED) is 0.697. The van der Waals surface area contributed by atoms with Crippen molar-refractivity contribution in [1.82, 2.24) is 20.1 Å². The molecule has 3 aromatic rings. The minimum Gasteiger partial charge on any atom is -0.376 e. The van der Waals surface area contributed by atoms with Gasteiger partial charge in [-0.3, -0.25) is 4.79 Å². The zero-order chi connectivity index (χ0) is 19.8. The lowest BCUT2D eigenvalue weighted by molar-refractivity contribution is 0.0859. The average molecular weight is 399 g/mol. The van der Waals surface area contributed by atoms with Crippen molar-refractivity contribution in [1.29, 1.82) is 0 Å². The number of rotatable bonds is 5. The van der Waals surface area contributed by atoms with Crippen LogP contribution in [0.1, 0.15) is 52.8 Å². The van der Waals surface area contributed by atoms with Gasteiger partial charge in [0.2, 0.25) is 0 Å². The van der Waals surface area contributed by atoms with E-state index in [0.29, 0.717) is 12.1 Å². The molecular weight excluding hydrogens is 372 g/mol. The van der Waals surface area contributed by atoms with Gasteiger partial charge >= 0.3 is 0 Å². The SMILES string of the molecule is Cc1cc(-c2cc(C(=O)NC[C@H]3CCCO3)c3cnn(C(C)C)c3n2)c(C)s1. The summed E-state index contributed by atoms with van der Waals surface area (Å²) in [7, 11) is 0. The van der Waals surface area contributed by atoms with Crippen LogP contribution in [0.4, 0.5) is 0 Å². The lowest BCUT2D eigenvalue weighted by atomic mass is 10.1. The standard InChI is InChI=1S/C21H26N4O2S/c1-12(2)25-20-18(11-23-25)17(21(26)22-10-15-6-5-7-27-15)9-19(24-20)16-8-13(3)28-14(16)4/h8-9,11-12,15H,5-7,10H2,1-4H3,(H,22,26)/t15-/m1/s1. The van der Waals surface area contributed by atoms with Crippen LogP contribution in [0.3, 0.4) is 0 Å². The molecule has 3 aromatic heterocycles. The van der Waals surface area contributed by atoms with Crippen molar-refractivity contribution in [3.8, 4) is 11.3 Å². The Bertz CT molecular complexity index is 1020. The molecular formula is C21H26N4O2S. The van der Waals surface area contributed by atoms with Gasteiger partial charge in [-0.25, -0.2) is 9.67 Å². The molecule has 1 atom stereocenters. The van der Waals surface area contributed by atoms with E-state index in [0.717, 1.165) is 41.7 Å². The van der Waals surface area contributed by atoms with Gasteiger partial charge < -0.3 is 10.1 Å². The third-order valence-corrected chi connectivity index (χ3v) is 6.10. The molecule has 1 amide bonds. The summed E-state index contributed by atoms with van der Waals surface area (Å²) in [6, 6.07) is 4.19. The number of hydrogen-bond donors (Lipinski definition) is 1. The van der Waals surface area contributed by atoms with Crippen molar-refractivity contribution < 1.29 is 9.53 Å². The van der Waals surface area contributed by atoms with Gasteiger partial charge in [0.05, 0.1) is 28.9 Å². The molecule has 1 fully saturated rings. The molecule has 1 N–H and O–H groups in total. The van der Waals surface area contributed by atoms with E-state index in [2.05, 4.69) is 44.2 Å². The molecule has 7 heteroatoms. The lowest BCUT2D eigenvalue weighted by Crippen LogP contribution is -2.31. The Morgan fingerprint density at radius 3 is 2.86 bits per heavy atom. The third-order valence-electron chi connectivity index (χ3n) is 5.13. The Labute approximate surface area is 168 Å². The summed E-state index contributed by atoms with van der Waals surface area (Å²) in [5, 5.41) is 8.32. The second-order valence-electron chi connectivity index (χ2n) is 7.65. The molecule has 0 aromatic carbocycles. The van der Waals surface area contributed by atoms with Crippen molar-refractivity contribution in [3.05, 3.63) is 33.6 Å². The first-order chi connectivity index (χ1) is 13.4. The Morgan fingerprint density at radius 1 is 1.39 bits per heavy atom. The summed E-state index contributed by atoms with van der Waals surface area (Å²) in [5.41, 5.74) is 3.26. The number of ether oxygens (including phenoxy) is 1. The number of amides is 1. The molecule has 1 aliphatic heterocycles. The number of fused-ring (bicyclic) bond motifs is 1. The molecule has 0 saturated carbocycles. The number of thiophene rings is 1. The highest BCUT2D eigenvalue weighted by Crippen LogP contribution is 2.32. The highest BCUT2D eigenvalue weighted by atomic mass is 32.1. The van der Waals surface area contributed by atoms with E-state index in [1.54, 1.807) is 17.5 Å². The maximum atomic E-state index is 13.0. The van der Waals surface area contributed by atoms with Crippen LogP contribution in [0.25, 0.3) is 22.3 Å². The maximum Gasteiger partial charge on any atom is 0.252 e. The first-order valence-electron chi connectivity index (χ1n) is 9.79. The largest absolute Gasteiger partial charge is 0.376 e. The van der Waals surface area contributed by atoms with E-state index >= 15 is 0 Å². The zero-order valence-electron chi connectivity index (χ0n) is 16.8. The van der Waals surface area contributed by atoms with Crippen LogP contribution in [0, 0.1) is 13.8 Å². The van der Waals surface area contributed by atoms with E-state index in [-0.39, 0.29) is 18.1 Å².